The number of halogens is 1. The normalized spacial score (nSPS) is 14.1. The number of unbranched alkanes of at least 4 members (excludes halogenated alkanes) is 1. The van der Waals surface area contributed by atoms with E-state index < -0.39 is 11.5 Å². The molecule has 3 nitrogen and oxygen atoms in total. The Bertz CT molecular complexity index is 450. The number of hydrogen-bond donors (Lipinski definition) is 2. The quantitative estimate of drug-likeness (QED) is 0.519. The second-order valence-electron chi connectivity index (χ2n) is 5.70. The van der Waals surface area contributed by atoms with Crippen LogP contribution in [0.25, 0.3) is 0 Å². The van der Waals surface area contributed by atoms with Crippen LogP contribution in [-0.4, -0.2) is 28.4 Å². The molecule has 0 aromatic heterocycles. The van der Waals surface area contributed by atoms with Gasteiger partial charge in [-0.3, -0.25) is 10.1 Å². The van der Waals surface area contributed by atoms with Crippen LogP contribution in [0.5, 0.6) is 0 Å². The van der Waals surface area contributed by atoms with E-state index in [2.05, 4.69) is 5.32 Å². The molecular formula is C16H24ClNO2S. The Hall–Kier alpha value is -0.710. The molecule has 0 spiro atoms. The zero-order chi connectivity index (χ0) is 15.9. The van der Waals surface area contributed by atoms with Crippen LogP contribution < -0.4 is 5.32 Å². The molecule has 5 heteroatoms. The van der Waals surface area contributed by atoms with Crippen LogP contribution >= 0.6 is 23.4 Å². The fraction of sp³-hybridized carbons (Fsp3) is 0.562. The average molecular weight is 330 g/mol. The molecule has 0 aliphatic carbocycles. The summed E-state index contributed by atoms with van der Waals surface area (Å²) in [6.07, 6.45) is 2.53. The van der Waals surface area contributed by atoms with Gasteiger partial charge in [-0.1, -0.05) is 18.0 Å². The van der Waals surface area contributed by atoms with Gasteiger partial charge in [0.25, 0.3) is 0 Å². The minimum atomic E-state index is -0.834. The zero-order valence-electron chi connectivity index (χ0n) is 12.9. The van der Waals surface area contributed by atoms with E-state index >= 15 is 0 Å². The third kappa shape index (κ3) is 6.72. The molecule has 0 bridgehead atoms. The summed E-state index contributed by atoms with van der Waals surface area (Å²) in [5.41, 5.74) is -0.834. The van der Waals surface area contributed by atoms with Gasteiger partial charge in [-0.15, -0.1) is 11.8 Å². The molecule has 1 aromatic carbocycles. The van der Waals surface area contributed by atoms with E-state index in [1.165, 1.54) is 4.90 Å². The second kappa shape index (κ2) is 8.66. The first-order valence-electron chi connectivity index (χ1n) is 7.23. The number of aliphatic carboxylic acids is 1. The molecule has 0 radical (unpaired) electrons. The Morgan fingerprint density at radius 2 is 1.95 bits per heavy atom. The number of carbonyl (C=O) groups is 1. The Balaban J connectivity index is 2.31. The molecule has 0 aliphatic rings. The van der Waals surface area contributed by atoms with Crippen molar-refractivity contribution >= 4 is 29.3 Å². The van der Waals surface area contributed by atoms with Crippen LogP contribution in [0.1, 0.15) is 40.0 Å². The van der Waals surface area contributed by atoms with E-state index in [4.69, 9.17) is 11.6 Å². The molecule has 0 saturated carbocycles. The predicted molar refractivity (Wildman–Crippen MR) is 90.3 cm³/mol. The lowest BCUT2D eigenvalue weighted by Crippen LogP contribution is -2.52. The van der Waals surface area contributed by atoms with Gasteiger partial charge in [0.15, 0.2) is 0 Å². The van der Waals surface area contributed by atoms with E-state index in [-0.39, 0.29) is 6.04 Å². The fourth-order valence-electron chi connectivity index (χ4n) is 2.18. The highest BCUT2D eigenvalue weighted by Gasteiger charge is 2.32. The van der Waals surface area contributed by atoms with E-state index in [9.17, 15) is 9.90 Å². The molecule has 1 rings (SSSR count). The van der Waals surface area contributed by atoms with Gasteiger partial charge in [0.05, 0.1) is 0 Å². The van der Waals surface area contributed by atoms with Gasteiger partial charge in [-0.2, -0.15) is 0 Å². The summed E-state index contributed by atoms with van der Waals surface area (Å²) < 4.78 is 0. The molecule has 1 atom stereocenters. The Kier molecular flexibility index (Phi) is 7.57. The summed E-state index contributed by atoms with van der Waals surface area (Å²) >= 11 is 7.62. The van der Waals surface area contributed by atoms with Gasteiger partial charge < -0.3 is 5.11 Å². The van der Waals surface area contributed by atoms with E-state index in [0.29, 0.717) is 6.42 Å². The first kappa shape index (κ1) is 18.3. The number of benzene rings is 1. The van der Waals surface area contributed by atoms with Crippen LogP contribution in [0, 0.1) is 0 Å². The highest BCUT2D eigenvalue weighted by Crippen LogP contribution is 2.23. The summed E-state index contributed by atoms with van der Waals surface area (Å²) in [7, 11) is 0. The van der Waals surface area contributed by atoms with Crippen molar-refractivity contribution in [3.05, 3.63) is 29.3 Å². The largest absolute Gasteiger partial charge is 0.480 e. The number of carboxylic acid groups (broad SMARTS) is 1. The average Bonchev–Trinajstić information content (AvgIpc) is 2.39. The van der Waals surface area contributed by atoms with E-state index in [0.717, 1.165) is 23.6 Å². The topological polar surface area (TPSA) is 49.3 Å². The molecule has 0 amide bonds. The summed E-state index contributed by atoms with van der Waals surface area (Å²) in [5.74, 6) is 0.209. The monoisotopic (exact) mass is 329 g/mol. The lowest BCUT2D eigenvalue weighted by atomic mass is 9.94. The lowest BCUT2D eigenvalue weighted by Gasteiger charge is -2.28. The summed E-state index contributed by atoms with van der Waals surface area (Å²) in [5, 5.41) is 13.3. The fourth-order valence-corrected chi connectivity index (χ4v) is 3.22. The van der Waals surface area contributed by atoms with Crippen molar-refractivity contribution in [3.8, 4) is 0 Å². The number of nitrogens with one attached hydrogen (secondary N) is 1. The minimum Gasteiger partial charge on any atom is -0.480 e. The number of carboxylic acids is 1. The van der Waals surface area contributed by atoms with E-state index in [1.54, 1.807) is 18.7 Å². The molecule has 1 unspecified atom stereocenters. The Labute approximate surface area is 136 Å². The second-order valence-corrected chi connectivity index (χ2v) is 7.30. The van der Waals surface area contributed by atoms with Crippen molar-refractivity contribution in [2.75, 3.05) is 5.75 Å². The van der Waals surface area contributed by atoms with Crippen molar-refractivity contribution in [2.45, 2.75) is 56.5 Å². The first-order valence-corrected chi connectivity index (χ1v) is 8.59. The van der Waals surface area contributed by atoms with Crippen molar-refractivity contribution < 1.29 is 9.90 Å². The van der Waals surface area contributed by atoms with Crippen molar-refractivity contribution in [1.29, 1.82) is 0 Å². The molecule has 0 aliphatic heterocycles. The summed E-state index contributed by atoms with van der Waals surface area (Å²) in [6, 6.07) is 7.95. The summed E-state index contributed by atoms with van der Waals surface area (Å²) in [6.45, 7) is 5.71. The smallest absolute Gasteiger partial charge is 0.323 e. The predicted octanol–water partition coefficient (Wildman–Crippen LogP) is 4.44. The standard InChI is InChI=1S/C16H24ClNO2S/c1-12(2)18-16(3,15(19)20)10-4-5-11-21-14-8-6-13(17)7-9-14/h6-9,12,18H,4-5,10-11H2,1-3H3,(H,19,20). The third-order valence-corrected chi connectivity index (χ3v) is 4.58. The SMILES string of the molecule is CC(C)NC(C)(CCCCSc1ccc(Cl)cc1)C(=O)O. The van der Waals surface area contributed by atoms with Crippen molar-refractivity contribution in [3.63, 3.8) is 0 Å². The molecule has 2 N–H and O–H groups in total. The first-order chi connectivity index (χ1) is 9.83. The summed E-state index contributed by atoms with van der Waals surface area (Å²) in [4.78, 5) is 12.6. The Morgan fingerprint density at radius 3 is 2.48 bits per heavy atom. The van der Waals surface area contributed by atoms with Gasteiger partial charge in [-0.25, -0.2) is 0 Å². The maximum absolute atomic E-state index is 11.4. The van der Waals surface area contributed by atoms with Crippen LogP contribution in [0.3, 0.4) is 0 Å². The number of hydrogen-bond acceptors (Lipinski definition) is 3. The van der Waals surface area contributed by atoms with Gasteiger partial charge in [0.1, 0.15) is 5.54 Å². The molecule has 118 valence electrons. The van der Waals surface area contributed by atoms with Crippen molar-refractivity contribution in [2.24, 2.45) is 0 Å². The van der Waals surface area contributed by atoms with Crippen LogP contribution in [0.4, 0.5) is 0 Å². The van der Waals surface area contributed by atoms with Crippen LogP contribution in [-0.2, 0) is 4.79 Å². The molecule has 0 fully saturated rings. The van der Waals surface area contributed by atoms with E-state index in [1.807, 2.05) is 38.1 Å². The van der Waals surface area contributed by atoms with Crippen LogP contribution in [0.15, 0.2) is 29.2 Å². The third-order valence-electron chi connectivity index (χ3n) is 3.23. The highest BCUT2D eigenvalue weighted by molar-refractivity contribution is 7.99. The van der Waals surface area contributed by atoms with Crippen molar-refractivity contribution in [1.82, 2.24) is 5.32 Å². The number of thioether (sulfide) groups is 1. The van der Waals surface area contributed by atoms with Gasteiger partial charge in [-0.05, 0) is 63.6 Å². The minimum absolute atomic E-state index is 0.162. The maximum atomic E-state index is 11.4. The lowest BCUT2D eigenvalue weighted by molar-refractivity contribution is -0.144. The number of rotatable bonds is 9. The molecule has 21 heavy (non-hydrogen) atoms. The van der Waals surface area contributed by atoms with Crippen LogP contribution in [0.2, 0.25) is 5.02 Å². The zero-order valence-corrected chi connectivity index (χ0v) is 14.4. The van der Waals surface area contributed by atoms with Gasteiger partial charge in [0.2, 0.25) is 0 Å². The Morgan fingerprint density at radius 1 is 1.33 bits per heavy atom. The molecule has 0 heterocycles. The highest BCUT2D eigenvalue weighted by atomic mass is 35.5. The van der Waals surface area contributed by atoms with Gasteiger partial charge in [0, 0.05) is 16.0 Å². The van der Waals surface area contributed by atoms with Gasteiger partial charge >= 0.3 is 5.97 Å². The molecule has 1 aromatic rings. The molecular weight excluding hydrogens is 306 g/mol. The molecule has 0 saturated heterocycles. The maximum Gasteiger partial charge on any atom is 0.323 e.